The molecule has 17 atom stereocenters. The second-order valence-electron chi connectivity index (χ2n) is 22.1. The van der Waals surface area contributed by atoms with E-state index in [0.29, 0.717) is 12.8 Å². The predicted molar refractivity (Wildman–Crippen MR) is 323 cm³/mol. The smallest absolute Gasteiger partial charge is 0.220 e. The van der Waals surface area contributed by atoms with Crippen LogP contribution in [-0.4, -0.2) is 193 Å². The summed E-state index contributed by atoms with van der Waals surface area (Å²) in [7, 11) is 0. The van der Waals surface area contributed by atoms with E-state index in [2.05, 4.69) is 104 Å². The minimum absolute atomic E-state index is 0.218. The van der Waals surface area contributed by atoms with Crippen LogP contribution >= 0.6 is 0 Å². The zero-order valence-corrected chi connectivity index (χ0v) is 50.3. The van der Waals surface area contributed by atoms with Gasteiger partial charge in [0.05, 0.1) is 38.6 Å². The number of ether oxygens (including phenoxy) is 6. The summed E-state index contributed by atoms with van der Waals surface area (Å²) in [5.74, 6) is -0.302. The molecule has 19 nitrogen and oxygen atoms in total. The second kappa shape index (κ2) is 46.8. The lowest BCUT2D eigenvalue weighted by atomic mass is 9.96. The third-order valence-corrected chi connectivity index (χ3v) is 15.1. The molecule has 84 heavy (non-hydrogen) atoms. The highest BCUT2D eigenvalue weighted by Crippen LogP contribution is 2.33. The van der Waals surface area contributed by atoms with Crippen molar-refractivity contribution in [3.05, 3.63) is 97.2 Å². The molecule has 1 amide bonds. The normalized spacial score (nSPS) is 29.8. The Labute approximate surface area is 501 Å². The largest absolute Gasteiger partial charge is 0.394 e. The van der Waals surface area contributed by atoms with Gasteiger partial charge < -0.3 is 89.9 Å². The fourth-order valence-electron chi connectivity index (χ4n) is 9.95. The van der Waals surface area contributed by atoms with Crippen molar-refractivity contribution in [3.63, 3.8) is 0 Å². The minimum Gasteiger partial charge on any atom is -0.394 e. The lowest BCUT2D eigenvalue weighted by Crippen LogP contribution is -2.66. The second-order valence-corrected chi connectivity index (χ2v) is 22.1. The zero-order chi connectivity index (χ0) is 61.2. The van der Waals surface area contributed by atoms with E-state index in [1.807, 2.05) is 6.08 Å². The fraction of sp³-hybridized carbons (Fsp3) is 0.738. The number of unbranched alkanes of at least 4 members (excludes halogenated alkanes) is 15. The standard InChI is InChI=1S/C65H109NO18/c1-3-5-7-9-11-13-15-17-19-20-21-22-23-24-25-26-27-28-29-31-33-35-37-39-41-43-53(71)66-48(49(70)42-40-38-36-34-32-30-18-16-14-12-10-8-6-4-2)47-79-63-59(77)56(74)61(51(45-68)81-63)84-65-60(78)57(75)62(52(46-69)82-65)83-64-58(76)55(73)54(72)50(44-67)80-64/h5,7,11,13-14,16-17,19,21-22,24-25,32,34,40,42,48-52,54-65,67-70,72-78H,3-4,6,8-10,12,15,18,20,23,26-31,33,35-39,41,43-47H2,1-2H3,(H,66,71)/b7-5-,13-11-,16-14+,19-17-,22-21-,25-24-,34-32+,42-40+. The van der Waals surface area contributed by atoms with Gasteiger partial charge in [-0.3, -0.25) is 4.79 Å². The number of carbonyl (C=O) groups is 1. The maximum Gasteiger partial charge on any atom is 0.220 e. The van der Waals surface area contributed by atoms with Crippen LogP contribution in [0, 0.1) is 0 Å². The molecule has 3 aliphatic rings. The van der Waals surface area contributed by atoms with E-state index in [1.54, 1.807) is 6.08 Å². The third kappa shape index (κ3) is 29.6. The number of nitrogens with one attached hydrogen (secondary N) is 1. The molecular formula is C65H109NO18. The van der Waals surface area contributed by atoms with Crippen molar-refractivity contribution < 1.29 is 89.4 Å². The Bertz CT molecular complexity index is 1910. The quantitative estimate of drug-likeness (QED) is 0.0228. The number of carbonyl (C=O) groups excluding carboxylic acids is 1. The van der Waals surface area contributed by atoms with Gasteiger partial charge in [-0.05, 0) is 89.9 Å². The van der Waals surface area contributed by atoms with Crippen LogP contribution in [-0.2, 0) is 33.2 Å². The highest BCUT2D eigenvalue weighted by molar-refractivity contribution is 5.76. The number of aliphatic hydroxyl groups is 11. The summed E-state index contributed by atoms with van der Waals surface area (Å²) in [5, 5.41) is 120. The van der Waals surface area contributed by atoms with Crippen LogP contribution in [0.15, 0.2) is 97.2 Å². The van der Waals surface area contributed by atoms with Gasteiger partial charge in [-0.1, -0.05) is 175 Å². The van der Waals surface area contributed by atoms with Crippen molar-refractivity contribution in [2.45, 2.75) is 279 Å². The number of hydrogen-bond acceptors (Lipinski definition) is 18. The molecule has 0 aromatic heterocycles. The molecule has 3 rings (SSSR count). The number of aliphatic hydroxyl groups excluding tert-OH is 11. The molecule has 0 aliphatic carbocycles. The summed E-state index contributed by atoms with van der Waals surface area (Å²) in [6, 6.07) is -1.01. The van der Waals surface area contributed by atoms with Crippen molar-refractivity contribution in [1.29, 1.82) is 0 Å². The first kappa shape index (κ1) is 75.0. The summed E-state index contributed by atoms with van der Waals surface area (Å²) >= 11 is 0. The molecule has 0 radical (unpaired) electrons. The molecular weight excluding hydrogens is 1080 g/mol. The van der Waals surface area contributed by atoms with E-state index in [-0.39, 0.29) is 18.9 Å². The van der Waals surface area contributed by atoms with Gasteiger partial charge in [0.15, 0.2) is 18.9 Å². The van der Waals surface area contributed by atoms with Crippen molar-refractivity contribution in [2.24, 2.45) is 0 Å². The molecule has 3 aliphatic heterocycles. The summed E-state index contributed by atoms with van der Waals surface area (Å²) in [5.41, 5.74) is 0. The average Bonchev–Trinajstić information content (AvgIpc) is 3.68. The SMILES string of the molecule is CC/C=C\C/C=C\C/C=C\C/C=C\C/C=C\CCCCCCCCCCCC(=O)NC(COC1OC(CO)C(OC2OC(CO)C(OC3OC(CO)C(O)C(O)C3O)C(O)C2O)C(O)C1O)C(O)/C=C/CC/C=C/CC/C=C/CCCCCC. The molecule has 3 saturated heterocycles. The van der Waals surface area contributed by atoms with Crippen molar-refractivity contribution in [3.8, 4) is 0 Å². The first-order valence-electron chi connectivity index (χ1n) is 31.5. The Morgan fingerprint density at radius 2 is 0.833 bits per heavy atom. The predicted octanol–water partition coefficient (Wildman–Crippen LogP) is 6.54. The lowest BCUT2D eigenvalue weighted by molar-refractivity contribution is -0.379. The van der Waals surface area contributed by atoms with E-state index in [4.69, 9.17) is 28.4 Å². The Morgan fingerprint density at radius 1 is 0.440 bits per heavy atom. The zero-order valence-electron chi connectivity index (χ0n) is 50.3. The topological polar surface area (TPSA) is 307 Å². The number of amides is 1. The van der Waals surface area contributed by atoms with Gasteiger partial charge in [0.25, 0.3) is 0 Å². The van der Waals surface area contributed by atoms with Gasteiger partial charge in [0.2, 0.25) is 5.91 Å². The summed E-state index contributed by atoms with van der Waals surface area (Å²) < 4.78 is 34.2. The Balaban J connectivity index is 1.47. The van der Waals surface area contributed by atoms with E-state index < -0.39 is 124 Å². The van der Waals surface area contributed by atoms with Crippen LogP contribution in [0.1, 0.15) is 174 Å². The van der Waals surface area contributed by atoms with Gasteiger partial charge in [0.1, 0.15) is 73.2 Å². The molecule has 17 unspecified atom stereocenters. The van der Waals surface area contributed by atoms with E-state index >= 15 is 0 Å². The van der Waals surface area contributed by atoms with Crippen LogP contribution in [0.5, 0.6) is 0 Å². The van der Waals surface area contributed by atoms with Crippen LogP contribution in [0.25, 0.3) is 0 Å². The summed E-state index contributed by atoms with van der Waals surface area (Å²) in [6.07, 6.45) is 32.4. The third-order valence-electron chi connectivity index (χ3n) is 15.1. The molecule has 0 saturated carbocycles. The van der Waals surface area contributed by atoms with Crippen molar-refractivity contribution >= 4 is 5.91 Å². The molecule has 482 valence electrons. The Hall–Kier alpha value is -3.29. The monoisotopic (exact) mass is 1190 g/mol. The van der Waals surface area contributed by atoms with Crippen molar-refractivity contribution in [1.82, 2.24) is 5.32 Å². The molecule has 12 N–H and O–H groups in total. The van der Waals surface area contributed by atoms with Gasteiger partial charge in [-0.25, -0.2) is 0 Å². The Morgan fingerprint density at radius 3 is 1.33 bits per heavy atom. The number of rotatable bonds is 45. The molecule has 0 bridgehead atoms. The van der Waals surface area contributed by atoms with Gasteiger partial charge in [0, 0.05) is 6.42 Å². The maximum absolute atomic E-state index is 13.3. The molecule has 0 spiro atoms. The van der Waals surface area contributed by atoms with Crippen LogP contribution in [0.2, 0.25) is 0 Å². The molecule has 19 heteroatoms. The number of hydrogen-bond donors (Lipinski definition) is 12. The molecule has 0 aromatic rings. The van der Waals surface area contributed by atoms with Crippen LogP contribution in [0.4, 0.5) is 0 Å². The lowest BCUT2D eigenvalue weighted by Gasteiger charge is -2.48. The molecule has 3 fully saturated rings. The first-order chi connectivity index (χ1) is 40.8. The molecule has 3 heterocycles. The van der Waals surface area contributed by atoms with Crippen molar-refractivity contribution in [2.75, 3.05) is 26.4 Å². The van der Waals surface area contributed by atoms with Crippen LogP contribution in [0.3, 0.4) is 0 Å². The highest BCUT2D eigenvalue weighted by Gasteiger charge is 2.53. The van der Waals surface area contributed by atoms with E-state index in [1.165, 1.54) is 51.4 Å². The van der Waals surface area contributed by atoms with Gasteiger partial charge >= 0.3 is 0 Å². The summed E-state index contributed by atoms with van der Waals surface area (Å²) in [6.45, 7) is 1.53. The van der Waals surface area contributed by atoms with Gasteiger partial charge in [-0.15, -0.1) is 0 Å². The fourth-order valence-corrected chi connectivity index (χ4v) is 9.95. The minimum atomic E-state index is -1.99. The first-order valence-corrected chi connectivity index (χ1v) is 31.5. The number of allylic oxidation sites excluding steroid dienone is 15. The van der Waals surface area contributed by atoms with Crippen LogP contribution < -0.4 is 5.32 Å². The molecule has 0 aromatic carbocycles. The Kier molecular flexibility index (Phi) is 41.8. The average molecular weight is 1190 g/mol. The maximum atomic E-state index is 13.3. The summed E-state index contributed by atoms with van der Waals surface area (Å²) in [4.78, 5) is 13.3. The van der Waals surface area contributed by atoms with E-state index in [9.17, 15) is 61.0 Å². The highest BCUT2D eigenvalue weighted by atomic mass is 16.8. The van der Waals surface area contributed by atoms with Gasteiger partial charge in [-0.2, -0.15) is 0 Å². The van der Waals surface area contributed by atoms with E-state index in [0.717, 1.165) is 89.9 Å².